The Morgan fingerprint density at radius 1 is 1.50 bits per heavy atom. The van der Waals surface area contributed by atoms with Gasteiger partial charge in [-0.25, -0.2) is 0 Å². The molecule has 1 aliphatic heterocycles. The van der Waals surface area contributed by atoms with Crippen LogP contribution in [0.1, 0.15) is 32.6 Å². The Morgan fingerprint density at radius 3 is 2.81 bits per heavy atom. The topological polar surface area (TPSA) is 49.8 Å². The van der Waals surface area contributed by atoms with Gasteiger partial charge >= 0.3 is 0 Å². The minimum atomic E-state index is -0.304. The van der Waals surface area contributed by atoms with Gasteiger partial charge in [0.1, 0.15) is 0 Å². The van der Waals surface area contributed by atoms with E-state index in [1.165, 1.54) is 0 Å². The number of hydrogen-bond acceptors (Lipinski definition) is 3. The third kappa shape index (κ3) is 2.74. The minimum Gasteiger partial charge on any atom is -0.391 e. The van der Waals surface area contributed by atoms with Crippen LogP contribution in [-0.4, -0.2) is 47.8 Å². The summed E-state index contributed by atoms with van der Waals surface area (Å²) in [4.78, 5) is 13.6. The smallest absolute Gasteiger partial charge is 0.222 e. The number of β-amino-alcohol motifs (C(OH)–C–C–N with tert-alkyl or cyclic N) is 1. The summed E-state index contributed by atoms with van der Waals surface area (Å²) in [6, 6.07) is 0. The van der Waals surface area contributed by atoms with Crippen molar-refractivity contribution in [3.05, 3.63) is 0 Å². The van der Waals surface area contributed by atoms with Gasteiger partial charge in [0.25, 0.3) is 0 Å². The van der Waals surface area contributed by atoms with Gasteiger partial charge in [0.05, 0.1) is 12.2 Å². The van der Waals surface area contributed by atoms with Crippen molar-refractivity contribution in [2.75, 3.05) is 19.7 Å². The molecule has 4 heteroatoms. The third-order valence-corrected chi connectivity index (χ3v) is 3.57. The first-order valence-electron chi connectivity index (χ1n) is 6.26. The lowest BCUT2D eigenvalue weighted by Gasteiger charge is -2.35. The molecule has 4 nitrogen and oxygen atoms in total. The first-order chi connectivity index (χ1) is 7.69. The summed E-state index contributed by atoms with van der Waals surface area (Å²) < 4.78 is 5.47. The number of carbonyl (C=O) groups is 1. The van der Waals surface area contributed by atoms with E-state index >= 15 is 0 Å². The highest BCUT2D eigenvalue weighted by Crippen LogP contribution is 2.33. The zero-order chi connectivity index (χ0) is 11.5. The lowest BCUT2D eigenvalue weighted by atomic mass is 9.80. The Kier molecular flexibility index (Phi) is 3.82. The number of aliphatic hydroxyl groups excluding tert-OH is 1. The van der Waals surface area contributed by atoms with Crippen molar-refractivity contribution in [3.63, 3.8) is 0 Å². The van der Waals surface area contributed by atoms with Crippen molar-refractivity contribution in [1.29, 1.82) is 0 Å². The van der Waals surface area contributed by atoms with Crippen LogP contribution < -0.4 is 0 Å². The molecule has 1 saturated heterocycles. The second kappa shape index (κ2) is 5.15. The quantitative estimate of drug-likeness (QED) is 0.772. The number of ether oxygens (including phenoxy) is 1. The highest BCUT2D eigenvalue weighted by atomic mass is 16.5. The predicted molar refractivity (Wildman–Crippen MR) is 60.0 cm³/mol. The Balaban J connectivity index is 1.65. The van der Waals surface area contributed by atoms with Gasteiger partial charge in [-0.2, -0.15) is 0 Å². The van der Waals surface area contributed by atoms with Crippen molar-refractivity contribution in [2.45, 2.75) is 44.8 Å². The van der Waals surface area contributed by atoms with E-state index in [-0.39, 0.29) is 12.0 Å². The van der Waals surface area contributed by atoms with Crippen LogP contribution in [0.2, 0.25) is 0 Å². The summed E-state index contributed by atoms with van der Waals surface area (Å²) >= 11 is 0. The normalized spacial score (nSPS) is 33.9. The predicted octanol–water partition coefficient (Wildman–Crippen LogP) is 0.785. The van der Waals surface area contributed by atoms with Crippen molar-refractivity contribution in [3.8, 4) is 0 Å². The number of aliphatic hydroxyl groups is 1. The molecule has 0 aromatic rings. The van der Waals surface area contributed by atoms with Gasteiger partial charge in [-0.15, -0.1) is 0 Å². The fourth-order valence-corrected chi connectivity index (χ4v) is 2.56. The molecule has 2 aliphatic rings. The van der Waals surface area contributed by atoms with Crippen LogP contribution in [0.5, 0.6) is 0 Å². The van der Waals surface area contributed by atoms with E-state index in [1.54, 1.807) is 4.90 Å². The van der Waals surface area contributed by atoms with Crippen molar-refractivity contribution in [2.24, 2.45) is 5.92 Å². The van der Waals surface area contributed by atoms with Crippen LogP contribution in [0.3, 0.4) is 0 Å². The van der Waals surface area contributed by atoms with Gasteiger partial charge in [0, 0.05) is 26.1 Å². The van der Waals surface area contributed by atoms with Crippen molar-refractivity contribution in [1.82, 2.24) is 4.90 Å². The SMILES string of the molecule is CCOC1CC(CC(=O)N2CCC(O)C2)C1. The number of rotatable bonds is 4. The summed E-state index contributed by atoms with van der Waals surface area (Å²) in [6.07, 6.45) is 3.49. The molecule has 2 fully saturated rings. The van der Waals surface area contributed by atoms with E-state index in [9.17, 15) is 9.90 Å². The Morgan fingerprint density at radius 2 is 2.25 bits per heavy atom. The van der Waals surface area contributed by atoms with E-state index in [0.717, 1.165) is 32.4 Å². The van der Waals surface area contributed by atoms with Gasteiger partial charge in [0.15, 0.2) is 0 Å². The maximum Gasteiger partial charge on any atom is 0.222 e. The molecule has 1 saturated carbocycles. The van der Waals surface area contributed by atoms with E-state index in [0.29, 0.717) is 25.0 Å². The number of nitrogens with zero attached hydrogens (tertiary/aromatic N) is 1. The fourth-order valence-electron chi connectivity index (χ4n) is 2.56. The van der Waals surface area contributed by atoms with Crippen LogP contribution in [0.15, 0.2) is 0 Å². The van der Waals surface area contributed by atoms with Crippen LogP contribution >= 0.6 is 0 Å². The molecule has 0 spiro atoms. The molecular weight excluding hydrogens is 206 g/mol. The van der Waals surface area contributed by atoms with Gasteiger partial charge < -0.3 is 14.7 Å². The maximum atomic E-state index is 11.8. The van der Waals surface area contributed by atoms with E-state index in [4.69, 9.17) is 4.74 Å². The maximum absolute atomic E-state index is 11.8. The van der Waals surface area contributed by atoms with Crippen molar-refractivity contribution >= 4 is 5.91 Å². The first kappa shape index (κ1) is 11.9. The Bertz CT molecular complexity index is 251. The number of amides is 1. The molecule has 1 heterocycles. The molecule has 1 amide bonds. The monoisotopic (exact) mass is 227 g/mol. The van der Waals surface area contributed by atoms with E-state index < -0.39 is 0 Å². The van der Waals surface area contributed by atoms with Gasteiger partial charge in [0.2, 0.25) is 5.91 Å². The lowest BCUT2D eigenvalue weighted by molar-refractivity contribution is -0.133. The molecule has 1 aliphatic carbocycles. The van der Waals surface area contributed by atoms with Crippen LogP contribution in [-0.2, 0) is 9.53 Å². The average Bonchev–Trinajstić information content (AvgIpc) is 2.61. The Hall–Kier alpha value is -0.610. The van der Waals surface area contributed by atoms with Gasteiger partial charge in [-0.3, -0.25) is 4.79 Å². The van der Waals surface area contributed by atoms with Crippen LogP contribution in [0.4, 0.5) is 0 Å². The second-order valence-corrected chi connectivity index (χ2v) is 4.90. The zero-order valence-electron chi connectivity index (χ0n) is 9.89. The third-order valence-electron chi connectivity index (χ3n) is 3.57. The van der Waals surface area contributed by atoms with Crippen LogP contribution in [0, 0.1) is 5.92 Å². The van der Waals surface area contributed by atoms with Crippen LogP contribution in [0.25, 0.3) is 0 Å². The highest BCUT2D eigenvalue weighted by Gasteiger charge is 2.33. The molecule has 1 unspecified atom stereocenters. The van der Waals surface area contributed by atoms with E-state index in [1.807, 2.05) is 6.92 Å². The molecule has 0 aromatic heterocycles. The lowest BCUT2D eigenvalue weighted by Crippen LogP contribution is -2.37. The fraction of sp³-hybridized carbons (Fsp3) is 0.917. The van der Waals surface area contributed by atoms with Crippen molar-refractivity contribution < 1.29 is 14.6 Å². The molecule has 2 rings (SSSR count). The molecule has 1 atom stereocenters. The number of hydrogen-bond donors (Lipinski definition) is 1. The minimum absolute atomic E-state index is 0.205. The van der Waals surface area contributed by atoms with E-state index in [2.05, 4.69) is 0 Å². The summed E-state index contributed by atoms with van der Waals surface area (Å²) in [5.74, 6) is 0.707. The number of carbonyl (C=O) groups excluding carboxylic acids is 1. The van der Waals surface area contributed by atoms with Gasteiger partial charge in [-0.1, -0.05) is 0 Å². The standard InChI is InChI=1S/C12H21NO3/c1-2-16-11-5-9(6-11)7-12(15)13-4-3-10(14)8-13/h9-11,14H,2-8H2,1H3. The summed E-state index contributed by atoms with van der Waals surface area (Å²) in [5.41, 5.74) is 0. The molecule has 0 radical (unpaired) electrons. The second-order valence-electron chi connectivity index (χ2n) is 4.90. The molecule has 0 aromatic carbocycles. The Labute approximate surface area is 96.6 Å². The highest BCUT2D eigenvalue weighted by molar-refractivity contribution is 5.76. The average molecular weight is 227 g/mol. The zero-order valence-corrected chi connectivity index (χ0v) is 9.89. The summed E-state index contributed by atoms with van der Waals surface area (Å²) in [5, 5.41) is 9.35. The molecular formula is C12H21NO3. The first-order valence-corrected chi connectivity index (χ1v) is 6.26. The summed E-state index contributed by atoms with van der Waals surface area (Å²) in [6.45, 7) is 4.02. The number of likely N-dealkylation sites (tertiary alicyclic amines) is 1. The largest absolute Gasteiger partial charge is 0.391 e. The summed E-state index contributed by atoms with van der Waals surface area (Å²) in [7, 11) is 0. The molecule has 0 bridgehead atoms. The van der Waals surface area contributed by atoms with Gasteiger partial charge in [-0.05, 0) is 32.1 Å². The molecule has 16 heavy (non-hydrogen) atoms. The molecule has 1 N–H and O–H groups in total. The molecule has 92 valence electrons.